The summed E-state index contributed by atoms with van der Waals surface area (Å²) in [4.78, 5) is 19.0. The van der Waals surface area contributed by atoms with Gasteiger partial charge in [0.05, 0.1) is 12.2 Å². The number of hydrogen-bond donors (Lipinski definition) is 0. The molecule has 0 radical (unpaired) electrons. The van der Waals surface area contributed by atoms with Crippen LogP contribution in [-0.2, 0) is 4.79 Å². The zero-order valence-corrected chi connectivity index (χ0v) is 16.8. The molecule has 150 valence electrons. The van der Waals surface area contributed by atoms with Gasteiger partial charge in [-0.05, 0) is 51.3 Å². The van der Waals surface area contributed by atoms with Gasteiger partial charge in [0.15, 0.2) is 11.6 Å². The van der Waals surface area contributed by atoms with Crippen molar-refractivity contribution in [2.45, 2.75) is 33.1 Å². The van der Waals surface area contributed by atoms with E-state index in [2.05, 4.69) is 25.1 Å². The highest BCUT2D eigenvalue weighted by atomic mass is 16.2. The molecular weight excluding hydrogens is 354 g/mol. The molecule has 2 aromatic rings. The van der Waals surface area contributed by atoms with Gasteiger partial charge in [-0.15, -0.1) is 10.2 Å². The molecule has 8 nitrogen and oxygen atoms in total. The highest BCUT2D eigenvalue weighted by molar-refractivity contribution is 5.78. The Hall–Kier alpha value is -2.48. The number of carbonyl (C=O) groups excluding carboxylic acids is 1. The molecule has 2 aliphatic heterocycles. The maximum absolute atomic E-state index is 12.5. The first-order valence-electron chi connectivity index (χ1n) is 10.2. The summed E-state index contributed by atoms with van der Waals surface area (Å²) in [5.74, 6) is 1.90. The summed E-state index contributed by atoms with van der Waals surface area (Å²) in [6, 6.07) is 6.00. The summed E-state index contributed by atoms with van der Waals surface area (Å²) < 4.78 is 1.82. The molecule has 2 saturated heterocycles. The Morgan fingerprint density at radius 1 is 0.929 bits per heavy atom. The average Bonchev–Trinajstić information content (AvgIpc) is 3.07. The summed E-state index contributed by atoms with van der Waals surface area (Å²) in [6.45, 7) is 9.85. The van der Waals surface area contributed by atoms with E-state index in [9.17, 15) is 4.79 Å². The number of hydrogen-bond acceptors (Lipinski definition) is 6. The van der Waals surface area contributed by atoms with Crippen LogP contribution in [0.15, 0.2) is 18.2 Å². The van der Waals surface area contributed by atoms with Crippen LogP contribution in [0.25, 0.3) is 5.82 Å². The van der Waals surface area contributed by atoms with Crippen molar-refractivity contribution in [1.82, 2.24) is 29.8 Å². The lowest BCUT2D eigenvalue weighted by Gasteiger charge is -2.36. The summed E-state index contributed by atoms with van der Waals surface area (Å²) in [5.41, 5.74) is 2.02. The zero-order valence-electron chi connectivity index (χ0n) is 16.8. The van der Waals surface area contributed by atoms with Gasteiger partial charge in [0.1, 0.15) is 0 Å². The minimum Gasteiger partial charge on any atom is -0.353 e. The summed E-state index contributed by atoms with van der Waals surface area (Å²) in [5, 5.41) is 13.2. The molecule has 0 saturated carbocycles. The Balaban J connectivity index is 1.31. The van der Waals surface area contributed by atoms with Crippen LogP contribution in [0.5, 0.6) is 0 Å². The van der Waals surface area contributed by atoms with Gasteiger partial charge in [0.2, 0.25) is 5.91 Å². The first kappa shape index (κ1) is 18.9. The van der Waals surface area contributed by atoms with E-state index in [4.69, 9.17) is 0 Å². The number of amides is 1. The van der Waals surface area contributed by atoms with E-state index in [1.807, 2.05) is 41.6 Å². The molecular formula is C20H29N7O. The minimum absolute atomic E-state index is 0.280. The summed E-state index contributed by atoms with van der Waals surface area (Å²) >= 11 is 0. The van der Waals surface area contributed by atoms with Crippen LogP contribution in [0, 0.1) is 13.8 Å². The van der Waals surface area contributed by atoms with Crippen LogP contribution in [0.4, 0.5) is 5.82 Å². The molecule has 4 heterocycles. The van der Waals surface area contributed by atoms with Crippen LogP contribution >= 0.6 is 0 Å². The molecule has 0 aliphatic carbocycles. The maximum atomic E-state index is 12.5. The van der Waals surface area contributed by atoms with Crippen molar-refractivity contribution >= 4 is 11.7 Å². The molecule has 0 N–H and O–H groups in total. The van der Waals surface area contributed by atoms with E-state index in [0.717, 1.165) is 75.1 Å². The maximum Gasteiger partial charge on any atom is 0.236 e. The monoisotopic (exact) mass is 383 g/mol. The van der Waals surface area contributed by atoms with Crippen LogP contribution in [0.2, 0.25) is 0 Å². The van der Waals surface area contributed by atoms with Gasteiger partial charge in [0, 0.05) is 45.0 Å². The van der Waals surface area contributed by atoms with Crippen molar-refractivity contribution < 1.29 is 4.79 Å². The number of nitrogens with zero attached hydrogens (tertiary/aromatic N) is 7. The molecule has 0 bridgehead atoms. The number of anilines is 1. The first-order chi connectivity index (χ1) is 13.6. The van der Waals surface area contributed by atoms with Gasteiger partial charge < -0.3 is 9.80 Å². The van der Waals surface area contributed by atoms with Crippen LogP contribution in [0.1, 0.15) is 30.7 Å². The van der Waals surface area contributed by atoms with E-state index >= 15 is 0 Å². The highest BCUT2D eigenvalue weighted by Crippen LogP contribution is 2.16. The zero-order chi connectivity index (χ0) is 19.5. The number of rotatable bonds is 4. The van der Waals surface area contributed by atoms with Crippen molar-refractivity contribution in [3.63, 3.8) is 0 Å². The number of carbonyl (C=O) groups is 1. The standard InChI is InChI=1S/C20H29N7O/c1-16-14-17(2)27(23-16)19-7-6-18(21-22-19)25-12-10-24(11-13-25)15-20(28)26-8-4-3-5-9-26/h6-7,14H,3-5,8-13,15H2,1-2H3. The van der Waals surface area contributed by atoms with Crippen LogP contribution in [-0.4, -0.2) is 81.5 Å². The second-order valence-corrected chi connectivity index (χ2v) is 7.79. The van der Waals surface area contributed by atoms with Crippen molar-refractivity contribution in [3.05, 3.63) is 29.6 Å². The van der Waals surface area contributed by atoms with E-state index in [1.54, 1.807) is 0 Å². The molecule has 0 spiro atoms. The lowest BCUT2D eigenvalue weighted by atomic mass is 10.1. The van der Waals surface area contributed by atoms with Crippen molar-refractivity contribution in [2.75, 3.05) is 50.7 Å². The fourth-order valence-corrected chi connectivity index (χ4v) is 4.03. The Labute approximate surface area is 166 Å². The Morgan fingerprint density at radius 3 is 2.21 bits per heavy atom. The molecule has 0 atom stereocenters. The molecule has 2 aliphatic rings. The number of likely N-dealkylation sites (tertiary alicyclic amines) is 1. The van der Waals surface area contributed by atoms with Crippen molar-refractivity contribution in [1.29, 1.82) is 0 Å². The molecule has 8 heteroatoms. The van der Waals surface area contributed by atoms with Crippen LogP contribution in [0.3, 0.4) is 0 Å². The third-order valence-corrected chi connectivity index (χ3v) is 5.63. The Morgan fingerprint density at radius 2 is 1.61 bits per heavy atom. The number of aromatic nitrogens is 4. The predicted molar refractivity (Wildman–Crippen MR) is 108 cm³/mol. The van der Waals surface area contributed by atoms with Gasteiger partial charge >= 0.3 is 0 Å². The average molecular weight is 384 g/mol. The van der Waals surface area contributed by atoms with Crippen LogP contribution < -0.4 is 4.90 Å². The van der Waals surface area contributed by atoms with Gasteiger partial charge in [0.25, 0.3) is 0 Å². The molecule has 0 aromatic carbocycles. The summed E-state index contributed by atoms with van der Waals surface area (Å²) in [7, 11) is 0. The molecule has 1 amide bonds. The highest BCUT2D eigenvalue weighted by Gasteiger charge is 2.23. The fourth-order valence-electron chi connectivity index (χ4n) is 4.03. The summed E-state index contributed by atoms with van der Waals surface area (Å²) in [6.07, 6.45) is 3.54. The van der Waals surface area contributed by atoms with E-state index in [0.29, 0.717) is 6.54 Å². The molecule has 2 aromatic heterocycles. The van der Waals surface area contributed by atoms with Gasteiger partial charge in [-0.1, -0.05) is 0 Å². The van der Waals surface area contributed by atoms with E-state index in [1.165, 1.54) is 6.42 Å². The smallest absolute Gasteiger partial charge is 0.236 e. The second kappa shape index (κ2) is 8.26. The molecule has 0 unspecified atom stereocenters. The SMILES string of the molecule is Cc1cc(C)n(-c2ccc(N3CCN(CC(=O)N4CCCCC4)CC3)nn2)n1. The lowest BCUT2D eigenvalue weighted by Crippen LogP contribution is -2.51. The first-order valence-corrected chi connectivity index (χ1v) is 10.2. The molecule has 4 rings (SSSR count). The normalized spacial score (nSPS) is 18.5. The topological polar surface area (TPSA) is 70.4 Å². The number of piperidine rings is 1. The van der Waals surface area contributed by atoms with Crippen molar-refractivity contribution in [3.8, 4) is 5.82 Å². The van der Waals surface area contributed by atoms with E-state index in [-0.39, 0.29) is 5.91 Å². The van der Waals surface area contributed by atoms with Crippen molar-refractivity contribution in [2.24, 2.45) is 0 Å². The van der Waals surface area contributed by atoms with E-state index < -0.39 is 0 Å². The Bertz CT molecular complexity index is 802. The van der Waals surface area contributed by atoms with Gasteiger partial charge in [-0.3, -0.25) is 9.69 Å². The van der Waals surface area contributed by atoms with Gasteiger partial charge in [-0.25, -0.2) is 4.68 Å². The predicted octanol–water partition coefficient (Wildman–Crippen LogP) is 1.41. The largest absolute Gasteiger partial charge is 0.353 e. The third kappa shape index (κ3) is 4.16. The third-order valence-electron chi connectivity index (χ3n) is 5.63. The lowest BCUT2D eigenvalue weighted by molar-refractivity contribution is -0.133. The van der Waals surface area contributed by atoms with Gasteiger partial charge in [-0.2, -0.15) is 5.10 Å². The second-order valence-electron chi connectivity index (χ2n) is 7.79. The Kier molecular flexibility index (Phi) is 5.57. The fraction of sp³-hybridized carbons (Fsp3) is 0.600. The molecule has 28 heavy (non-hydrogen) atoms. The molecule has 2 fully saturated rings. The number of piperazine rings is 1. The quantitative estimate of drug-likeness (QED) is 0.795. The number of aryl methyl sites for hydroxylation is 2. The minimum atomic E-state index is 0.280.